The third-order valence-electron chi connectivity index (χ3n) is 3.96. The van der Waals surface area contributed by atoms with E-state index >= 15 is 0 Å². The summed E-state index contributed by atoms with van der Waals surface area (Å²) in [6.07, 6.45) is 0. The van der Waals surface area contributed by atoms with Crippen molar-refractivity contribution in [1.29, 1.82) is 0 Å². The van der Waals surface area contributed by atoms with Gasteiger partial charge in [-0.05, 0) is 40.1 Å². The zero-order chi connectivity index (χ0) is 17.0. The molecule has 0 atom stereocenters. The van der Waals surface area contributed by atoms with Crippen LogP contribution in [0.2, 0.25) is 0 Å². The van der Waals surface area contributed by atoms with Gasteiger partial charge in [0, 0.05) is 12.1 Å². The van der Waals surface area contributed by atoms with Gasteiger partial charge in [-0.1, -0.05) is 18.2 Å². The molecule has 0 saturated heterocycles. The van der Waals surface area contributed by atoms with Gasteiger partial charge in [-0.3, -0.25) is 20.0 Å². The van der Waals surface area contributed by atoms with Crippen molar-refractivity contribution in [2.75, 3.05) is 32.2 Å². The number of hydrogen-bond acceptors (Lipinski definition) is 5. The van der Waals surface area contributed by atoms with E-state index in [-0.39, 0.29) is 29.7 Å². The van der Waals surface area contributed by atoms with Crippen molar-refractivity contribution < 1.29 is 9.59 Å². The summed E-state index contributed by atoms with van der Waals surface area (Å²) in [5, 5.41) is 4.20. The Morgan fingerprint density at radius 1 is 1.35 bits per heavy atom. The van der Waals surface area contributed by atoms with Gasteiger partial charge < -0.3 is 10.2 Å². The van der Waals surface area contributed by atoms with E-state index in [0.29, 0.717) is 12.2 Å². The molecule has 0 fully saturated rings. The van der Waals surface area contributed by atoms with E-state index in [9.17, 15) is 9.59 Å². The number of nitrogens with zero attached hydrogens (tertiary/aromatic N) is 3. The molecule has 1 aromatic rings. The minimum atomic E-state index is -0.326. The van der Waals surface area contributed by atoms with Crippen LogP contribution in [-0.4, -0.2) is 55.3 Å². The van der Waals surface area contributed by atoms with Crippen molar-refractivity contribution in [2.24, 2.45) is 4.99 Å². The highest BCUT2D eigenvalue weighted by Crippen LogP contribution is 2.13. The number of hydrogen-bond donors (Lipinski definition) is 2. The Hall–Kier alpha value is -2.41. The molecule has 1 aliphatic rings. The van der Waals surface area contributed by atoms with Gasteiger partial charge in [-0.2, -0.15) is 0 Å². The number of benzene rings is 1. The molecule has 0 bridgehead atoms. The predicted octanol–water partition coefficient (Wildman–Crippen LogP) is 0.393. The summed E-state index contributed by atoms with van der Waals surface area (Å²) in [5.41, 5.74) is 3.28. The molecule has 0 saturated carbocycles. The molecule has 0 unspecified atom stereocenters. The van der Waals surface area contributed by atoms with Crippen LogP contribution in [0.3, 0.4) is 0 Å². The molecule has 0 aromatic heterocycles. The Morgan fingerprint density at radius 3 is 2.61 bits per heavy atom. The Bertz CT molecular complexity index is 610. The fourth-order valence-electron chi connectivity index (χ4n) is 1.87. The SMILES string of the molecule is CN(C)C(C)(C)CNC(=O)C1=NCC(=O)N(c2ccccc2)N1. The van der Waals surface area contributed by atoms with E-state index in [1.807, 2.05) is 51.0 Å². The average molecular weight is 317 g/mol. The van der Waals surface area contributed by atoms with Gasteiger partial charge in [0.2, 0.25) is 5.84 Å². The first-order valence-electron chi connectivity index (χ1n) is 7.46. The highest BCUT2D eigenvalue weighted by molar-refractivity contribution is 6.39. The van der Waals surface area contributed by atoms with E-state index in [0.717, 1.165) is 0 Å². The Kier molecular flexibility index (Phi) is 5.00. The lowest BCUT2D eigenvalue weighted by Gasteiger charge is -2.33. The highest BCUT2D eigenvalue weighted by Gasteiger charge is 2.27. The molecule has 0 spiro atoms. The second-order valence-corrected chi connectivity index (χ2v) is 6.23. The molecule has 7 heteroatoms. The largest absolute Gasteiger partial charge is 0.348 e. The van der Waals surface area contributed by atoms with Gasteiger partial charge in [0.25, 0.3) is 11.8 Å². The number of carbonyl (C=O) groups excluding carboxylic acids is 2. The Morgan fingerprint density at radius 2 is 2.00 bits per heavy atom. The molecule has 0 radical (unpaired) electrons. The van der Waals surface area contributed by atoms with E-state index in [4.69, 9.17) is 0 Å². The molecule has 0 aliphatic carbocycles. The molecular formula is C16H23N5O2. The summed E-state index contributed by atoms with van der Waals surface area (Å²) in [5.74, 6) is -0.391. The number of para-hydroxylation sites is 1. The van der Waals surface area contributed by atoms with Crippen LogP contribution in [0.15, 0.2) is 35.3 Å². The quantitative estimate of drug-likeness (QED) is 0.824. The maximum absolute atomic E-state index is 12.3. The van der Waals surface area contributed by atoms with Crippen molar-refractivity contribution in [1.82, 2.24) is 15.6 Å². The number of anilines is 1. The summed E-state index contributed by atoms with van der Waals surface area (Å²) in [4.78, 5) is 30.3. The smallest absolute Gasteiger partial charge is 0.288 e. The lowest BCUT2D eigenvalue weighted by Crippen LogP contribution is -2.57. The van der Waals surface area contributed by atoms with E-state index < -0.39 is 0 Å². The van der Waals surface area contributed by atoms with Crippen molar-refractivity contribution >= 4 is 23.3 Å². The zero-order valence-electron chi connectivity index (χ0n) is 14.0. The summed E-state index contributed by atoms with van der Waals surface area (Å²) >= 11 is 0. The zero-order valence-corrected chi connectivity index (χ0v) is 14.0. The lowest BCUT2D eigenvalue weighted by molar-refractivity contribution is -0.118. The monoisotopic (exact) mass is 317 g/mol. The molecule has 2 amide bonds. The summed E-state index contributed by atoms with van der Waals surface area (Å²) in [6, 6.07) is 9.11. The van der Waals surface area contributed by atoms with E-state index in [1.54, 1.807) is 12.1 Å². The fourth-order valence-corrected chi connectivity index (χ4v) is 1.87. The highest BCUT2D eigenvalue weighted by atomic mass is 16.2. The lowest BCUT2D eigenvalue weighted by atomic mass is 10.0. The van der Waals surface area contributed by atoms with Crippen LogP contribution in [0.4, 0.5) is 5.69 Å². The van der Waals surface area contributed by atoms with Crippen LogP contribution in [0.5, 0.6) is 0 Å². The first-order valence-corrected chi connectivity index (χ1v) is 7.46. The average Bonchev–Trinajstić information content (AvgIpc) is 2.54. The fraction of sp³-hybridized carbons (Fsp3) is 0.438. The predicted molar refractivity (Wildman–Crippen MR) is 90.1 cm³/mol. The maximum atomic E-state index is 12.3. The van der Waals surface area contributed by atoms with Crippen LogP contribution in [-0.2, 0) is 9.59 Å². The molecular weight excluding hydrogens is 294 g/mol. The number of aliphatic imine (C=N–C) groups is 1. The van der Waals surface area contributed by atoms with Gasteiger partial charge in [0.1, 0.15) is 6.54 Å². The topological polar surface area (TPSA) is 77.0 Å². The minimum Gasteiger partial charge on any atom is -0.348 e. The first-order chi connectivity index (χ1) is 10.8. The van der Waals surface area contributed by atoms with Crippen LogP contribution in [0.25, 0.3) is 0 Å². The summed E-state index contributed by atoms with van der Waals surface area (Å²) in [6.45, 7) is 4.48. The molecule has 1 aliphatic heterocycles. The van der Waals surface area contributed by atoms with Crippen LogP contribution in [0, 0.1) is 0 Å². The number of hydrazine groups is 1. The second-order valence-electron chi connectivity index (χ2n) is 6.23. The van der Waals surface area contributed by atoms with Gasteiger partial charge in [0.15, 0.2) is 0 Å². The van der Waals surface area contributed by atoms with Crippen LogP contribution in [0.1, 0.15) is 13.8 Å². The van der Waals surface area contributed by atoms with Crippen LogP contribution < -0.4 is 15.8 Å². The first kappa shape index (κ1) is 17.0. The standard InChI is InChI=1S/C16H23N5O2/c1-16(2,20(3)4)11-18-15(23)14-17-10-13(22)21(19-14)12-8-6-5-7-9-12/h5-9H,10-11H2,1-4H3,(H,17,19)(H,18,23). The van der Waals surface area contributed by atoms with E-state index in [2.05, 4.69) is 15.7 Å². The number of amidine groups is 1. The second kappa shape index (κ2) is 6.78. The van der Waals surface area contributed by atoms with Crippen molar-refractivity contribution in [3.63, 3.8) is 0 Å². The summed E-state index contributed by atoms with van der Waals surface area (Å²) < 4.78 is 0. The molecule has 7 nitrogen and oxygen atoms in total. The normalized spacial score (nSPS) is 15.3. The van der Waals surface area contributed by atoms with Gasteiger partial charge in [-0.15, -0.1) is 0 Å². The third kappa shape index (κ3) is 4.07. The summed E-state index contributed by atoms with van der Waals surface area (Å²) in [7, 11) is 3.91. The Labute approximate surface area is 136 Å². The molecule has 124 valence electrons. The van der Waals surface area contributed by atoms with Crippen molar-refractivity contribution in [2.45, 2.75) is 19.4 Å². The number of carbonyl (C=O) groups is 2. The Balaban J connectivity index is 2.03. The number of rotatable bonds is 5. The molecule has 2 rings (SSSR count). The maximum Gasteiger partial charge on any atom is 0.288 e. The molecule has 2 N–H and O–H groups in total. The minimum absolute atomic E-state index is 0.0538. The van der Waals surface area contributed by atoms with Gasteiger partial charge in [-0.25, -0.2) is 5.01 Å². The number of nitrogens with one attached hydrogen (secondary N) is 2. The molecule has 1 aromatic carbocycles. The van der Waals surface area contributed by atoms with Crippen molar-refractivity contribution in [3.05, 3.63) is 30.3 Å². The van der Waals surface area contributed by atoms with Gasteiger partial charge >= 0.3 is 0 Å². The third-order valence-corrected chi connectivity index (χ3v) is 3.96. The van der Waals surface area contributed by atoms with Crippen molar-refractivity contribution in [3.8, 4) is 0 Å². The number of amides is 2. The molecule has 23 heavy (non-hydrogen) atoms. The molecule has 1 heterocycles. The van der Waals surface area contributed by atoms with Gasteiger partial charge in [0.05, 0.1) is 5.69 Å². The number of likely N-dealkylation sites (N-methyl/N-ethyl adjacent to an activating group) is 1. The van der Waals surface area contributed by atoms with Crippen LogP contribution >= 0.6 is 0 Å². The van der Waals surface area contributed by atoms with E-state index in [1.165, 1.54) is 5.01 Å².